The predicted octanol–water partition coefficient (Wildman–Crippen LogP) is 0.996. The van der Waals surface area contributed by atoms with E-state index in [9.17, 15) is 9.59 Å². The zero-order valence-electron chi connectivity index (χ0n) is 5.62. The van der Waals surface area contributed by atoms with Crippen LogP contribution in [0.15, 0.2) is 12.2 Å². The normalized spacial score (nSPS) is 10.0. The van der Waals surface area contributed by atoms with Crippen LogP contribution in [-0.2, 0) is 9.59 Å². The number of rotatable bonds is 5. The summed E-state index contributed by atoms with van der Waals surface area (Å²) >= 11 is 0. The van der Waals surface area contributed by atoms with Crippen LogP contribution in [-0.4, -0.2) is 17.4 Å². The Morgan fingerprint density at radius 3 is 2.60 bits per heavy atom. The van der Waals surface area contributed by atoms with Crippen molar-refractivity contribution in [3.8, 4) is 0 Å². The van der Waals surface area contributed by atoms with Gasteiger partial charge in [0.25, 0.3) is 0 Å². The number of aliphatic carboxylic acids is 1. The Labute approximate surface area is 59.4 Å². The van der Waals surface area contributed by atoms with Crippen molar-refractivity contribution < 1.29 is 14.7 Å². The summed E-state index contributed by atoms with van der Waals surface area (Å²) in [6, 6.07) is 0. The van der Waals surface area contributed by atoms with Gasteiger partial charge in [0.15, 0.2) is 0 Å². The number of aldehydes is 1. The molecular formula is C7H10O3. The molecule has 0 saturated carbocycles. The highest BCUT2D eigenvalue weighted by Crippen LogP contribution is 1.90. The average molecular weight is 142 g/mol. The maximum Gasteiger partial charge on any atom is 0.303 e. The predicted molar refractivity (Wildman–Crippen MR) is 36.7 cm³/mol. The third kappa shape index (κ3) is 6.88. The Morgan fingerprint density at radius 2 is 2.10 bits per heavy atom. The summed E-state index contributed by atoms with van der Waals surface area (Å²) in [5.41, 5.74) is 0. The van der Waals surface area contributed by atoms with Crippen molar-refractivity contribution in [3.05, 3.63) is 12.2 Å². The smallest absolute Gasteiger partial charge is 0.303 e. The summed E-state index contributed by atoms with van der Waals surface area (Å²) in [5, 5.41) is 8.17. The van der Waals surface area contributed by atoms with Crippen LogP contribution in [0.1, 0.15) is 19.3 Å². The largest absolute Gasteiger partial charge is 0.481 e. The van der Waals surface area contributed by atoms with Gasteiger partial charge in [-0.2, -0.15) is 0 Å². The SMILES string of the molecule is O=CCC=CCCC(=O)O. The molecule has 3 heteroatoms. The van der Waals surface area contributed by atoms with Gasteiger partial charge in [-0.1, -0.05) is 12.2 Å². The van der Waals surface area contributed by atoms with Gasteiger partial charge in [-0.05, 0) is 6.42 Å². The topological polar surface area (TPSA) is 54.4 Å². The molecule has 0 aliphatic carbocycles. The van der Waals surface area contributed by atoms with E-state index in [0.717, 1.165) is 6.29 Å². The first-order valence-corrected chi connectivity index (χ1v) is 3.08. The van der Waals surface area contributed by atoms with Crippen LogP contribution in [0.3, 0.4) is 0 Å². The fourth-order valence-corrected chi connectivity index (χ4v) is 0.476. The molecule has 0 spiro atoms. The van der Waals surface area contributed by atoms with Crippen molar-refractivity contribution in [3.63, 3.8) is 0 Å². The monoisotopic (exact) mass is 142 g/mol. The molecule has 0 heterocycles. The average Bonchev–Trinajstić information content (AvgIpc) is 1.87. The fourth-order valence-electron chi connectivity index (χ4n) is 0.476. The van der Waals surface area contributed by atoms with Crippen molar-refractivity contribution in [1.29, 1.82) is 0 Å². The second-order valence-corrected chi connectivity index (χ2v) is 1.81. The zero-order chi connectivity index (χ0) is 7.82. The van der Waals surface area contributed by atoms with Crippen molar-refractivity contribution in [2.24, 2.45) is 0 Å². The molecule has 1 N–H and O–H groups in total. The van der Waals surface area contributed by atoms with E-state index in [4.69, 9.17) is 5.11 Å². The molecule has 0 saturated heterocycles. The Hall–Kier alpha value is -1.12. The molecule has 3 nitrogen and oxygen atoms in total. The molecule has 0 rings (SSSR count). The number of carbonyl (C=O) groups excluding carboxylic acids is 1. The van der Waals surface area contributed by atoms with Crippen LogP contribution in [0.4, 0.5) is 0 Å². The minimum atomic E-state index is -0.809. The number of hydrogen-bond donors (Lipinski definition) is 1. The molecule has 10 heavy (non-hydrogen) atoms. The lowest BCUT2D eigenvalue weighted by molar-refractivity contribution is -0.136. The van der Waals surface area contributed by atoms with Crippen molar-refractivity contribution in [2.45, 2.75) is 19.3 Å². The molecule has 0 aromatic heterocycles. The minimum absolute atomic E-state index is 0.134. The van der Waals surface area contributed by atoms with Crippen LogP contribution in [0.5, 0.6) is 0 Å². The maximum absolute atomic E-state index is 9.93. The van der Waals surface area contributed by atoms with Crippen LogP contribution >= 0.6 is 0 Å². The molecule has 0 bridgehead atoms. The van der Waals surface area contributed by atoms with E-state index in [1.54, 1.807) is 12.2 Å². The Bertz CT molecular complexity index is 138. The molecule has 0 aromatic rings. The quantitative estimate of drug-likeness (QED) is 0.460. The van der Waals surface area contributed by atoms with Gasteiger partial charge < -0.3 is 9.90 Å². The Kier molecular flexibility index (Phi) is 5.33. The molecule has 0 fully saturated rings. The highest BCUT2D eigenvalue weighted by molar-refractivity contribution is 5.66. The number of carboxylic acids is 1. The van der Waals surface area contributed by atoms with Gasteiger partial charge in [0.2, 0.25) is 0 Å². The van der Waals surface area contributed by atoms with E-state index in [1.807, 2.05) is 0 Å². The van der Waals surface area contributed by atoms with Crippen LogP contribution in [0, 0.1) is 0 Å². The molecule has 0 aliphatic heterocycles. The summed E-state index contributed by atoms with van der Waals surface area (Å²) in [6.45, 7) is 0. The van der Waals surface area contributed by atoms with E-state index < -0.39 is 5.97 Å². The lowest BCUT2D eigenvalue weighted by atomic mass is 10.3. The minimum Gasteiger partial charge on any atom is -0.481 e. The molecule has 0 amide bonds. The molecule has 0 unspecified atom stereocenters. The van der Waals surface area contributed by atoms with E-state index in [1.165, 1.54) is 0 Å². The van der Waals surface area contributed by atoms with Crippen molar-refractivity contribution in [1.82, 2.24) is 0 Å². The van der Waals surface area contributed by atoms with Gasteiger partial charge in [-0.25, -0.2) is 0 Å². The second kappa shape index (κ2) is 6.01. The van der Waals surface area contributed by atoms with Gasteiger partial charge in [-0.15, -0.1) is 0 Å². The Morgan fingerprint density at radius 1 is 1.40 bits per heavy atom. The molecule has 56 valence electrons. The highest BCUT2D eigenvalue weighted by Gasteiger charge is 1.90. The van der Waals surface area contributed by atoms with Crippen LogP contribution in [0.25, 0.3) is 0 Å². The highest BCUT2D eigenvalue weighted by atomic mass is 16.4. The van der Waals surface area contributed by atoms with Gasteiger partial charge in [0.05, 0.1) is 0 Å². The Balaban J connectivity index is 3.18. The molecular weight excluding hydrogens is 132 g/mol. The first-order valence-electron chi connectivity index (χ1n) is 3.08. The number of allylic oxidation sites excluding steroid dienone is 2. The molecule has 0 radical (unpaired) electrons. The molecule has 0 aromatic carbocycles. The lowest BCUT2D eigenvalue weighted by Crippen LogP contribution is -1.91. The van der Waals surface area contributed by atoms with Gasteiger partial charge >= 0.3 is 5.97 Å². The second-order valence-electron chi connectivity index (χ2n) is 1.81. The third-order valence-electron chi connectivity index (χ3n) is 0.924. The van der Waals surface area contributed by atoms with E-state index in [0.29, 0.717) is 12.8 Å². The zero-order valence-corrected chi connectivity index (χ0v) is 5.62. The summed E-state index contributed by atoms with van der Waals surface area (Å²) in [5.74, 6) is -0.809. The number of carboxylic acid groups (broad SMARTS) is 1. The first kappa shape index (κ1) is 8.88. The summed E-state index contributed by atoms with van der Waals surface area (Å²) in [6.07, 6.45) is 5.15. The lowest BCUT2D eigenvalue weighted by Gasteiger charge is -1.84. The number of hydrogen-bond acceptors (Lipinski definition) is 2. The van der Waals surface area contributed by atoms with Gasteiger partial charge in [0.1, 0.15) is 6.29 Å². The summed E-state index contributed by atoms with van der Waals surface area (Å²) < 4.78 is 0. The van der Waals surface area contributed by atoms with Gasteiger partial charge in [0, 0.05) is 12.8 Å². The first-order chi connectivity index (χ1) is 4.77. The number of carbonyl (C=O) groups is 2. The van der Waals surface area contributed by atoms with Crippen LogP contribution < -0.4 is 0 Å². The molecule has 0 atom stereocenters. The van der Waals surface area contributed by atoms with Crippen molar-refractivity contribution >= 4 is 12.3 Å². The summed E-state index contributed by atoms with van der Waals surface area (Å²) in [4.78, 5) is 19.7. The fraction of sp³-hybridized carbons (Fsp3) is 0.429. The maximum atomic E-state index is 9.93. The third-order valence-corrected chi connectivity index (χ3v) is 0.924. The van der Waals surface area contributed by atoms with Crippen molar-refractivity contribution in [2.75, 3.05) is 0 Å². The van der Waals surface area contributed by atoms with E-state index >= 15 is 0 Å². The van der Waals surface area contributed by atoms with Gasteiger partial charge in [-0.3, -0.25) is 4.79 Å². The van der Waals surface area contributed by atoms with E-state index in [-0.39, 0.29) is 6.42 Å². The standard InChI is InChI=1S/C7H10O3/c8-6-4-2-1-3-5-7(9)10/h1-2,6H,3-5H2,(H,9,10). The van der Waals surface area contributed by atoms with E-state index in [2.05, 4.69) is 0 Å². The molecule has 0 aliphatic rings. The van der Waals surface area contributed by atoms with Crippen LogP contribution in [0.2, 0.25) is 0 Å². The summed E-state index contributed by atoms with van der Waals surface area (Å²) in [7, 11) is 0.